The Bertz CT molecular complexity index is 1050. The van der Waals surface area contributed by atoms with Crippen LogP contribution in [0.1, 0.15) is 17.2 Å². The highest BCUT2D eigenvalue weighted by molar-refractivity contribution is 5.96. The summed E-state index contributed by atoms with van der Waals surface area (Å²) < 4.78 is 18.5. The lowest BCUT2D eigenvalue weighted by atomic mass is 10.1. The molecule has 30 heavy (non-hydrogen) atoms. The second kappa shape index (κ2) is 9.42. The van der Waals surface area contributed by atoms with Crippen molar-refractivity contribution in [2.45, 2.75) is 12.5 Å². The van der Waals surface area contributed by atoms with Gasteiger partial charge in [0.25, 0.3) is 11.6 Å². The van der Waals surface area contributed by atoms with E-state index < -0.39 is 28.7 Å². The molecule has 0 spiro atoms. The standard InChI is InChI=1S/C22H17FN2O5/c23-17-10-12-18(13-11-17)24-22(27)21(15-6-2-1-3-7-15)30-20(26)14-16-8-4-5-9-19(16)25(28)29/h1-13,21H,14H2,(H,24,27)/t21-/m1/s1. The van der Waals surface area contributed by atoms with E-state index in [4.69, 9.17) is 4.74 Å². The number of ether oxygens (including phenoxy) is 1. The Morgan fingerprint density at radius 1 is 0.967 bits per heavy atom. The molecule has 0 aliphatic heterocycles. The summed E-state index contributed by atoms with van der Waals surface area (Å²) in [6, 6.07) is 19.3. The van der Waals surface area contributed by atoms with Crippen molar-refractivity contribution in [3.05, 3.63) is 106 Å². The first kappa shape index (κ1) is 20.7. The largest absolute Gasteiger partial charge is 0.447 e. The molecule has 7 nitrogen and oxygen atoms in total. The molecule has 0 aliphatic rings. The summed E-state index contributed by atoms with van der Waals surface area (Å²) in [5.41, 5.74) is 0.727. The molecular weight excluding hydrogens is 391 g/mol. The van der Waals surface area contributed by atoms with Crippen molar-refractivity contribution in [1.29, 1.82) is 0 Å². The number of rotatable bonds is 7. The van der Waals surface area contributed by atoms with Gasteiger partial charge < -0.3 is 10.1 Å². The van der Waals surface area contributed by atoms with E-state index in [9.17, 15) is 24.1 Å². The summed E-state index contributed by atoms with van der Waals surface area (Å²) >= 11 is 0. The first-order chi connectivity index (χ1) is 14.4. The average molecular weight is 408 g/mol. The molecule has 0 heterocycles. The highest BCUT2D eigenvalue weighted by Crippen LogP contribution is 2.23. The van der Waals surface area contributed by atoms with Crippen molar-refractivity contribution >= 4 is 23.3 Å². The van der Waals surface area contributed by atoms with E-state index >= 15 is 0 Å². The Kier molecular flexibility index (Phi) is 6.49. The maximum Gasteiger partial charge on any atom is 0.311 e. The lowest BCUT2D eigenvalue weighted by Gasteiger charge is -2.18. The molecule has 1 amide bonds. The Labute approximate surface area is 171 Å². The smallest absolute Gasteiger partial charge is 0.311 e. The normalized spacial score (nSPS) is 11.4. The molecule has 0 radical (unpaired) electrons. The van der Waals surface area contributed by atoms with E-state index in [1.165, 1.54) is 42.5 Å². The first-order valence-corrected chi connectivity index (χ1v) is 8.97. The third-order valence-electron chi connectivity index (χ3n) is 4.22. The molecule has 1 N–H and O–H groups in total. The summed E-state index contributed by atoms with van der Waals surface area (Å²) in [6.45, 7) is 0. The predicted octanol–water partition coefficient (Wildman–Crippen LogP) is 4.20. The number of anilines is 1. The highest BCUT2D eigenvalue weighted by atomic mass is 19.1. The van der Waals surface area contributed by atoms with Crippen molar-refractivity contribution < 1.29 is 23.6 Å². The Hall–Kier alpha value is -4.07. The Morgan fingerprint density at radius 2 is 1.60 bits per heavy atom. The van der Waals surface area contributed by atoms with Crippen molar-refractivity contribution in [3.63, 3.8) is 0 Å². The molecule has 0 saturated carbocycles. The fourth-order valence-electron chi connectivity index (χ4n) is 2.81. The molecule has 8 heteroatoms. The fraction of sp³-hybridized carbons (Fsp3) is 0.0909. The van der Waals surface area contributed by atoms with Gasteiger partial charge in [0.1, 0.15) is 5.82 Å². The van der Waals surface area contributed by atoms with Gasteiger partial charge in [0.15, 0.2) is 0 Å². The summed E-state index contributed by atoms with van der Waals surface area (Å²) in [4.78, 5) is 35.8. The topological polar surface area (TPSA) is 98.5 Å². The van der Waals surface area contributed by atoms with Crippen LogP contribution in [0.3, 0.4) is 0 Å². The number of amides is 1. The maximum absolute atomic E-state index is 13.1. The number of nitro groups is 1. The molecule has 3 aromatic rings. The van der Waals surface area contributed by atoms with Gasteiger partial charge in [-0.05, 0) is 24.3 Å². The van der Waals surface area contributed by atoms with E-state index in [-0.39, 0.29) is 17.7 Å². The van der Waals surface area contributed by atoms with Crippen molar-refractivity contribution in [2.75, 3.05) is 5.32 Å². The molecule has 0 aliphatic carbocycles. The number of para-hydroxylation sites is 1. The van der Waals surface area contributed by atoms with Gasteiger partial charge in [0.2, 0.25) is 6.10 Å². The summed E-state index contributed by atoms with van der Waals surface area (Å²) in [7, 11) is 0. The molecule has 1 atom stereocenters. The predicted molar refractivity (Wildman–Crippen MR) is 107 cm³/mol. The number of carbonyl (C=O) groups is 2. The molecule has 0 fully saturated rings. The average Bonchev–Trinajstić information content (AvgIpc) is 2.74. The third kappa shape index (κ3) is 5.26. The monoisotopic (exact) mass is 408 g/mol. The van der Waals surface area contributed by atoms with Crippen molar-refractivity contribution in [2.24, 2.45) is 0 Å². The van der Waals surface area contributed by atoms with Crippen LogP contribution in [0.5, 0.6) is 0 Å². The van der Waals surface area contributed by atoms with Crippen LogP contribution < -0.4 is 5.32 Å². The van der Waals surface area contributed by atoms with E-state index in [1.54, 1.807) is 36.4 Å². The zero-order chi connectivity index (χ0) is 21.5. The van der Waals surface area contributed by atoms with Crippen LogP contribution in [0.15, 0.2) is 78.9 Å². The maximum atomic E-state index is 13.1. The molecule has 3 aromatic carbocycles. The van der Waals surface area contributed by atoms with Gasteiger partial charge in [-0.3, -0.25) is 19.7 Å². The lowest BCUT2D eigenvalue weighted by molar-refractivity contribution is -0.385. The van der Waals surface area contributed by atoms with Gasteiger partial charge in [0.05, 0.1) is 11.3 Å². The summed E-state index contributed by atoms with van der Waals surface area (Å²) in [6.07, 6.45) is -1.66. The number of nitro benzene ring substituents is 1. The Balaban J connectivity index is 1.79. The van der Waals surface area contributed by atoms with Crippen LogP contribution in [0.2, 0.25) is 0 Å². The van der Waals surface area contributed by atoms with Crippen LogP contribution in [-0.2, 0) is 20.7 Å². The number of nitrogens with zero attached hydrogens (tertiary/aromatic N) is 1. The van der Waals surface area contributed by atoms with Gasteiger partial charge in [-0.1, -0.05) is 48.5 Å². The van der Waals surface area contributed by atoms with E-state index in [1.807, 2.05) is 0 Å². The quantitative estimate of drug-likeness (QED) is 0.359. The number of nitrogens with one attached hydrogen (secondary N) is 1. The fourth-order valence-corrected chi connectivity index (χ4v) is 2.81. The highest BCUT2D eigenvalue weighted by Gasteiger charge is 2.26. The Morgan fingerprint density at radius 3 is 2.27 bits per heavy atom. The zero-order valence-corrected chi connectivity index (χ0v) is 15.7. The first-order valence-electron chi connectivity index (χ1n) is 8.97. The van der Waals surface area contributed by atoms with Crippen LogP contribution >= 0.6 is 0 Å². The second-order valence-electron chi connectivity index (χ2n) is 6.34. The number of hydrogen-bond acceptors (Lipinski definition) is 5. The summed E-state index contributed by atoms with van der Waals surface area (Å²) in [5, 5.41) is 13.7. The van der Waals surface area contributed by atoms with Gasteiger partial charge in [0, 0.05) is 22.9 Å². The van der Waals surface area contributed by atoms with E-state index in [2.05, 4.69) is 5.32 Å². The summed E-state index contributed by atoms with van der Waals surface area (Å²) in [5.74, 6) is -1.89. The third-order valence-corrected chi connectivity index (χ3v) is 4.22. The number of benzene rings is 3. The van der Waals surface area contributed by atoms with Crippen molar-refractivity contribution in [1.82, 2.24) is 0 Å². The molecule has 0 saturated heterocycles. The number of carbonyl (C=O) groups excluding carboxylic acids is 2. The number of esters is 1. The lowest BCUT2D eigenvalue weighted by Crippen LogP contribution is -2.26. The minimum absolute atomic E-state index is 0.179. The van der Waals surface area contributed by atoms with Crippen molar-refractivity contribution in [3.8, 4) is 0 Å². The van der Waals surface area contributed by atoms with Crippen LogP contribution in [0, 0.1) is 15.9 Å². The minimum Gasteiger partial charge on any atom is -0.447 e. The molecule has 0 unspecified atom stereocenters. The van der Waals surface area contributed by atoms with Gasteiger partial charge in [-0.2, -0.15) is 0 Å². The zero-order valence-electron chi connectivity index (χ0n) is 15.7. The second-order valence-corrected chi connectivity index (χ2v) is 6.34. The SMILES string of the molecule is O=C(Cc1ccccc1[N+](=O)[O-])O[C@@H](C(=O)Nc1ccc(F)cc1)c1ccccc1. The van der Waals surface area contributed by atoms with Crippen LogP contribution in [0.25, 0.3) is 0 Å². The van der Waals surface area contributed by atoms with E-state index in [0.717, 1.165) is 0 Å². The number of hydrogen-bond donors (Lipinski definition) is 1. The van der Waals surface area contributed by atoms with Gasteiger partial charge in [-0.15, -0.1) is 0 Å². The van der Waals surface area contributed by atoms with Crippen LogP contribution in [-0.4, -0.2) is 16.8 Å². The minimum atomic E-state index is -1.29. The molecule has 0 bridgehead atoms. The van der Waals surface area contributed by atoms with Crippen LogP contribution in [0.4, 0.5) is 15.8 Å². The molecule has 152 valence electrons. The van der Waals surface area contributed by atoms with E-state index in [0.29, 0.717) is 11.3 Å². The van der Waals surface area contributed by atoms with Gasteiger partial charge >= 0.3 is 5.97 Å². The molecular formula is C22H17FN2O5. The molecule has 0 aromatic heterocycles. The number of halogens is 1. The molecule has 3 rings (SSSR count). The van der Waals surface area contributed by atoms with Gasteiger partial charge in [-0.25, -0.2) is 4.39 Å².